The molecule has 1 fully saturated rings. The zero-order chi connectivity index (χ0) is 14.1. The van der Waals surface area contributed by atoms with Crippen molar-refractivity contribution < 1.29 is 9.59 Å². The van der Waals surface area contributed by atoms with Crippen LogP contribution in [0.15, 0.2) is 0 Å². The molecule has 0 aliphatic carbocycles. The predicted octanol–water partition coefficient (Wildman–Crippen LogP) is -1.59. The van der Waals surface area contributed by atoms with Gasteiger partial charge in [-0.05, 0) is 19.4 Å². The molecule has 4 N–H and O–H groups in total. The van der Waals surface area contributed by atoms with Crippen LogP contribution in [0.3, 0.4) is 0 Å². The van der Waals surface area contributed by atoms with E-state index in [-0.39, 0.29) is 30.8 Å². The molecule has 1 heterocycles. The van der Waals surface area contributed by atoms with E-state index in [2.05, 4.69) is 10.6 Å². The van der Waals surface area contributed by atoms with Gasteiger partial charge in [0.2, 0.25) is 11.8 Å². The van der Waals surface area contributed by atoms with Gasteiger partial charge in [0.05, 0.1) is 18.5 Å². The summed E-state index contributed by atoms with van der Waals surface area (Å²) in [5.74, 6) is -0.249. The molecule has 1 atom stereocenters. The number of rotatable bonds is 6. The molecular formula is C12H21N5O2. The fourth-order valence-electron chi connectivity index (χ4n) is 2.15. The number of nitrogens with two attached hydrogens (primary N) is 1. The Labute approximate surface area is 113 Å². The van der Waals surface area contributed by atoms with Crippen LogP contribution in [0.4, 0.5) is 0 Å². The second-order valence-corrected chi connectivity index (χ2v) is 4.59. The molecule has 1 aliphatic heterocycles. The lowest BCUT2D eigenvalue weighted by Gasteiger charge is -2.31. The summed E-state index contributed by atoms with van der Waals surface area (Å²) in [6.45, 7) is 2.56. The van der Waals surface area contributed by atoms with Gasteiger partial charge in [0.25, 0.3) is 0 Å². The van der Waals surface area contributed by atoms with E-state index in [4.69, 9.17) is 11.0 Å². The second-order valence-electron chi connectivity index (χ2n) is 4.59. The van der Waals surface area contributed by atoms with Crippen molar-refractivity contribution in [3.8, 4) is 6.07 Å². The van der Waals surface area contributed by atoms with Gasteiger partial charge in [-0.25, -0.2) is 0 Å². The SMILES string of the molecule is N#CCNC(=O)CN1CCCC(C(=O)NCCN)C1. The van der Waals surface area contributed by atoms with Crippen molar-refractivity contribution in [3.05, 3.63) is 0 Å². The Hall–Kier alpha value is -1.65. The third-order valence-electron chi connectivity index (χ3n) is 3.05. The lowest BCUT2D eigenvalue weighted by molar-refractivity contribution is -0.128. The maximum absolute atomic E-state index is 11.8. The van der Waals surface area contributed by atoms with Crippen molar-refractivity contribution in [1.29, 1.82) is 5.26 Å². The molecule has 7 nitrogen and oxygen atoms in total. The molecule has 0 bridgehead atoms. The van der Waals surface area contributed by atoms with Gasteiger partial charge in [0.1, 0.15) is 6.54 Å². The van der Waals surface area contributed by atoms with Gasteiger partial charge in [0.15, 0.2) is 0 Å². The van der Waals surface area contributed by atoms with Crippen molar-refractivity contribution in [2.24, 2.45) is 11.7 Å². The Morgan fingerprint density at radius 2 is 2.21 bits per heavy atom. The lowest BCUT2D eigenvalue weighted by atomic mass is 9.97. The Kier molecular flexibility index (Phi) is 6.85. The largest absolute Gasteiger partial charge is 0.355 e. The monoisotopic (exact) mass is 267 g/mol. The topological polar surface area (TPSA) is 111 Å². The van der Waals surface area contributed by atoms with Crippen LogP contribution < -0.4 is 16.4 Å². The van der Waals surface area contributed by atoms with E-state index in [1.807, 2.05) is 11.0 Å². The minimum absolute atomic E-state index is 0.00702. The smallest absolute Gasteiger partial charge is 0.235 e. The van der Waals surface area contributed by atoms with E-state index in [0.717, 1.165) is 19.4 Å². The van der Waals surface area contributed by atoms with E-state index in [9.17, 15) is 9.59 Å². The summed E-state index contributed by atoms with van der Waals surface area (Å²) >= 11 is 0. The highest BCUT2D eigenvalue weighted by Gasteiger charge is 2.26. The van der Waals surface area contributed by atoms with Crippen LogP contribution in [0.1, 0.15) is 12.8 Å². The van der Waals surface area contributed by atoms with Crippen LogP contribution in [0.2, 0.25) is 0 Å². The molecule has 1 aliphatic rings. The standard InChI is InChI=1S/C12H21N5O2/c13-3-5-15-11(18)9-17-7-1-2-10(8-17)12(19)16-6-4-14/h10H,1-2,4-9,14H2,(H,15,18)(H,16,19). The molecule has 106 valence electrons. The molecule has 0 radical (unpaired) electrons. The van der Waals surface area contributed by atoms with Crippen LogP contribution in [0, 0.1) is 17.2 Å². The highest BCUT2D eigenvalue weighted by molar-refractivity contribution is 5.80. The number of carbonyl (C=O) groups excluding carboxylic acids is 2. The van der Waals surface area contributed by atoms with Gasteiger partial charge in [-0.2, -0.15) is 5.26 Å². The number of likely N-dealkylation sites (tertiary alicyclic amines) is 1. The van der Waals surface area contributed by atoms with Crippen molar-refractivity contribution in [2.45, 2.75) is 12.8 Å². The van der Waals surface area contributed by atoms with Gasteiger partial charge in [-0.1, -0.05) is 0 Å². The molecular weight excluding hydrogens is 246 g/mol. The molecule has 0 aromatic carbocycles. The van der Waals surface area contributed by atoms with E-state index < -0.39 is 0 Å². The van der Waals surface area contributed by atoms with Gasteiger partial charge in [-0.3, -0.25) is 14.5 Å². The molecule has 1 unspecified atom stereocenters. The summed E-state index contributed by atoms with van der Waals surface area (Å²) in [7, 11) is 0. The van der Waals surface area contributed by atoms with Gasteiger partial charge < -0.3 is 16.4 Å². The van der Waals surface area contributed by atoms with E-state index in [1.165, 1.54) is 0 Å². The Morgan fingerprint density at radius 1 is 1.42 bits per heavy atom. The number of amides is 2. The predicted molar refractivity (Wildman–Crippen MR) is 69.9 cm³/mol. The fourth-order valence-corrected chi connectivity index (χ4v) is 2.15. The summed E-state index contributed by atoms with van der Waals surface area (Å²) in [6, 6.07) is 1.86. The minimum atomic E-state index is -0.176. The minimum Gasteiger partial charge on any atom is -0.355 e. The number of nitrogens with one attached hydrogen (secondary N) is 2. The Bertz CT molecular complexity index is 353. The fraction of sp³-hybridized carbons (Fsp3) is 0.750. The van der Waals surface area contributed by atoms with Crippen LogP contribution in [-0.4, -0.2) is 56.0 Å². The average molecular weight is 267 g/mol. The van der Waals surface area contributed by atoms with E-state index in [0.29, 0.717) is 19.6 Å². The number of piperidine rings is 1. The second kappa shape index (κ2) is 8.45. The number of hydrogen-bond donors (Lipinski definition) is 3. The normalized spacial score (nSPS) is 19.5. The first-order valence-corrected chi connectivity index (χ1v) is 6.51. The van der Waals surface area contributed by atoms with E-state index >= 15 is 0 Å². The molecule has 0 saturated carbocycles. The Balaban J connectivity index is 2.35. The first-order chi connectivity index (χ1) is 9.17. The molecule has 2 amide bonds. The van der Waals surface area contributed by atoms with Crippen LogP contribution >= 0.6 is 0 Å². The highest BCUT2D eigenvalue weighted by atomic mass is 16.2. The van der Waals surface area contributed by atoms with Crippen LogP contribution in [-0.2, 0) is 9.59 Å². The number of nitrogens with zero attached hydrogens (tertiary/aromatic N) is 2. The molecule has 1 saturated heterocycles. The third-order valence-corrected chi connectivity index (χ3v) is 3.05. The maximum atomic E-state index is 11.8. The zero-order valence-corrected chi connectivity index (χ0v) is 11.0. The van der Waals surface area contributed by atoms with Crippen molar-refractivity contribution >= 4 is 11.8 Å². The first-order valence-electron chi connectivity index (χ1n) is 6.51. The quantitative estimate of drug-likeness (QED) is 0.503. The number of carbonyl (C=O) groups is 2. The highest BCUT2D eigenvalue weighted by Crippen LogP contribution is 2.16. The molecule has 0 spiro atoms. The van der Waals surface area contributed by atoms with Crippen LogP contribution in [0.5, 0.6) is 0 Å². The summed E-state index contributed by atoms with van der Waals surface area (Å²) < 4.78 is 0. The zero-order valence-electron chi connectivity index (χ0n) is 11.0. The lowest BCUT2D eigenvalue weighted by Crippen LogP contribution is -2.47. The first kappa shape index (κ1) is 15.4. The van der Waals surface area contributed by atoms with Gasteiger partial charge in [0, 0.05) is 19.6 Å². The molecule has 7 heteroatoms. The molecule has 1 rings (SSSR count). The Morgan fingerprint density at radius 3 is 2.89 bits per heavy atom. The van der Waals surface area contributed by atoms with Crippen molar-refractivity contribution in [1.82, 2.24) is 15.5 Å². The average Bonchev–Trinajstić information content (AvgIpc) is 2.42. The van der Waals surface area contributed by atoms with Crippen molar-refractivity contribution in [2.75, 3.05) is 39.3 Å². The number of nitriles is 1. The van der Waals surface area contributed by atoms with Crippen molar-refractivity contribution in [3.63, 3.8) is 0 Å². The molecule has 19 heavy (non-hydrogen) atoms. The van der Waals surface area contributed by atoms with E-state index in [1.54, 1.807) is 0 Å². The van der Waals surface area contributed by atoms with Gasteiger partial charge >= 0.3 is 0 Å². The summed E-state index contributed by atoms with van der Waals surface area (Å²) in [6.07, 6.45) is 1.74. The molecule has 0 aromatic heterocycles. The summed E-state index contributed by atoms with van der Waals surface area (Å²) in [4.78, 5) is 25.3. The maximum Gasteiger partial charge on any atom is 0.235 e. The molecule has 0 aromatic rings. The summed E-state index contributed by atoms with van der Waals surface area (Å²) in [5.41, 5.74) is 5.34. The summed E-state index contributed by atoms with van der Waals surface area (Å²) in [5, 5.41) is 13.7. The van der Waals surface area contributed by atoms with Gasteiger partial charge in [-0.15, -0.1) is 0 Å². The third kappa shape index (κ3) is 5.68. The number of hydrogen-bond acceptors (Lipinski definition) is 5. The van der Waals surface area contributed by atoms with Crippen LogP contribution in [0.25, 0.3) is 0 Å².